The van der Waals surface area contributed by atoms with Crippen LogP contribution in [0.1, 0.15) is 43.8 Å². The van der Waals surface area contributed by atoms with E-state index in [4.69, 9.17) is 15.5 Å². The Kier molecular flexibility index (Phi) is 8.97. The summed E-state index contributed by atoms with van der Waals surface area (Å²) in [5.41, 5.74) is 8.24. The molecule has 36 heavy (non-hydrogen) atoms. The third kappa shape index (κ3) is 6.56. The summed E-state index contributed by atoms with van der Waals surface area (Å²) < 4.78 is 21.7. The van der Waals surface area contributed by atoms with E-state index in [1.165, 1.54) is 12.0 Å². The number of methoxy groups -OCH3 is 1. The quantitative estimate of drug-likeness (QED) is 0.455. The van der Waals surface area contributed by atoms with Gasteiger partial charge in [-0.1, -0.05) is 63.2 Å². The largest absolute Gasteiger partial charge is 0.375 e. The van der Waals surface area contributed by atoms with Gasteiger partial charge >= 0.3 is 0 Å². The Labute approximate surface area is 212 Å². The summed E-state index contributed by atoms with van der Waals surface area (Å²) in [5, 5.41) is 9.35. The number of benzene rings is 2. The fourth-order valence-electron chi connectivity index (χ4n) is 4.30. The minimum atomic E-state index is -1.39. The number of carbonyl (C=O) groups excluding carboxylic acids is 1. The maximum Gasteiger partial charge on any atom is 0.249 e. The first-order chi connectivity index (χ1) is 17.2. The van der Waals surface area contributed by atoms with Crippen LogP contribution in [0, 0.1) is 16.7 Å². The Morgan fingerprint density at radius 3 is 2.56 bits per heavy atom. The normalized spacial score (nSPS) is 13.1. The van der Waals surface area contributed by atoms with Crippen LogP contribution in [0.4, 0.5) is 4.39 Å². The summed E-state index contributed by atoms with van der Waals surface area (Å²) in [7, 11) is 1.44. The zero-order valence-electron chi connectivity index (χ0n) is 21.3. The summed E-state index contributed by atoms with van der Waals surface area (Å²) in [5.74, 6) is 0.285. The predicted octanol–water partition coefficient (Wildman–Crippen LogP) is 4.33. The first-order valence-electron chi connectivity index (χ1n) is 11.9. The Hall–Kier alpha value is -3.54. The van der Waals surface area contributed by atoms with Crippen molar-refractivity contribution in [3.63, 3.8) is 0 Å². The van der Waals surface area contributed by atoms with Gasteiger partial charge in [-0.15, -0.1) is 0 Å². The second-order valence-electron chi connectivity index (χ2n) is 9.87. The number of nitriles is 1. The minimum absolute atomic E-state index is 0.169. The van der Waals surface area contributed by atoms with Gasteiger partial charge in [-0.3, -0.25) is 4.79 Å². The molecule has 2 N–H and O–H groups in total. The standard InChI is InChI=1S/C28H34FN5O2/c1-28(2,3)26(34(17-23(29)15-31)25(35)19-36-4)27-32-24(22-11-6-5-7-12-22)18-33(27)16-21-10-8-9-20(13-21)14-30/h5-13,18,23,26H,15-17,19,31H2,1-4H3/t23-,26+/m1/s1. The average Bonchev–Trinajstić information content (AvgIpc) is 3.26. The van der Waals surface area contributed by atoms with Crippen molar-refractivity contribution in [2.24, 2.45) is 11.1 Å². The van der Waals surface area contributed by atoms with Crippen LogP contribution in [-0.4, -0.2) is 53.3 Å². The first kappa shape index (κ1) is 27.1. The van der Waals surface area contributed by atoms with Gasteiger partial charge in [0.1, 0.15) is 18.6 Å². The third-order valence-corrected chi connectivity index (χ3v) is 5.90. The highest BCUT2D eigenvalue weighted by Crippen LogP contribution is 2.39. The fraction of sp³-hybridized carbons (Fsp3) is 0.393. The van der Waals surface area contributed by atoms with Gasteiger partial charge in [0.05, 0.1) is 29.9 Å². The number of carbonyl (C=O) groups is 1. The van der Waals surface area contributed by atoms with Crippen molar-refractivity contribution >= 4 is 5.91 Å². The van der Waals surface area contributed by atoms with Crippen molar-refractivity contribution in [3.8, 4) is 17.3 Å². The van der Waals surface area contributed by atoms with Gasteiger partial charge in [-0.05, 0) is 23.1 Å². The highest BCUT2D eigenvalue weighted by atomic mass is 19.1. The van der Waals surface area contributed by atoms with E-state index in [-0.39, 0.29) is 25.6 Å². The van der Waals surface area contributed by atoms with Gasteiger partial charge < -0.3 is 19.9 Å². The van der Waals surface area contributed by atoms with Crippen LogP contribution in [0.25, 0.3) is 11.3 Å². The van der Waals surface area contributed by atoms with E-state index in [1.54, 1.807) is 6.07 Å². The van der Waals surface area contributed by atoms with E-state index in [2.05, 4.69) is 6.07 Å². The molecule has 190 valence electrons. The van der Waals surface area contributed by atoms with E-state index < -0.39 is 17.6 Å². The average molecular weight is 492 g/mol. The highest BCUT2D eigenvalue weighted by molar-refractivity contribution is 5.78. The van der Waals surface area contributed by atoms with Gasteiger partial charge in [-0.25, -0.2) is 9.37 Å². The summed E-state index contributed by atoms with van der Waals surface area (Å²) >= 11 is 0. The molecule has 1 heterocycles. The van der Waals surface area contributed by atoms with Crippen LogP contribution in [0.3, 0.4) is 0 Å². The molecule has 0 radical (unpaired) electrons. The molecule has 7 nitrogen and oxygen atoms in total. The van der Waals surface area contributed by atoms with E-state index in [0.29, 0.717) is 17.9 Å². The minimum Gasteiger partial charge on any atom is -0.375 e. The number of imidazole rings is 1. The molecular weight excluding hydrogens is 457 g/mol. The molecule has 0 fully saturated rings. The molecule has 2 atom stereocenters. The maximum atomic E-state index is 14.6. The third-order valence-electron chi connectivity index (χ3n) is 5.90. The van der Waals surface area contributed by atoms with Crippen LogP contribution >= 0.6 is 0 Å². The van der Waals surface area contributed by atoms with Gasteiger partial charge in [0, 0.05) is 32.0 Å². The molecule has 3 rings (SSSR count). The molecule has 0 spiro atoms. The van der Waals surface area contributed by atoms with Gasteiger partial charge in [-0.2, -0.15) is 5.26 Å². The summed E-state index contributed by atoms with van der Waals surface area (Å²) in [6, 6.07) is 18.7. The second-order valence-corrected chi connectivity index (χ2v) is 9.87. The van der Waals surface area contributed by atoms with Crippen LogP contribution in [-0.2, 0) is 16.1 Å². The Morgan fingerprint density at radius 2 is 1.94 bits per heavy atom. The van der Waals surface area contributed by atoms with Gasteiger partial charge in [0.2, 0.25) is 5.91 Å². The van der Waals surface area contributed by atoms with E-state index in [0.717, 1.165) is 16.8 Å². The number of aromatic nitrogens is 2. The maximum absolute atomic E-state index is 14.6. The van der Waals surface area contributed by atoms with Crippen molar-refractivity contribution in [3.05, 3.63) is 77.7 Å². The second kappa shape index (κ2) is 11.9. The van der Waals surface area contributed by atoms with Crippen molar-refractivity contribution < 1.29 is 13.9 Å². The van der Waals surface area contributed by atoms with Gasteiger partial charge in [0.25, 0.3) is 0 Å². The van der Waals surface area contributed by atoms with Crippen LogP contribution in [0.15, 0.2) is 60.8 Å². The molecule has 3 aromatic rings. The molecule has 0 aliphatic rings. The predicted molar refractivity (Wildman–Crippen MR) is 138 cm³/mol. The molecule has 0 unspecified atom stereocenters. The number of rotatable bonds is 10. The summed E-state index contributed by atoms with van der Waals surface area (Å²) in [6.45, 7) is 5.88. The number of alkyl halides is 1. The Morgan fingerprint density at radius 1 is 1.22 bits per heavy atom. The zero-order chi connectivity index (χ0) is 26.3. The van der Waals surface area contributed by atoms with Crippen molar-refractivity contribution in [1.82, 2.24) is 14.5 Å². The molecular formula is C28H34FN5O2. The van der Waals surface area contributed by atoms with E-state index in [9.17, 15) is 14.4 Å². The lowest BCUT2D eigenvalue weighted by Gasteiger charge is -2.40. The van der Waals surface area contributed by atoms with Crippen LogP contribution < -0.4 is 5.73 Å². The smallest absolute Gasteiger partial charge is 0.249 e. The Balaban J connectivity index is 2.19. The molecule has 0 saturated heterocycles. The fourth-order valence-corrected chi connectivity index (χ4v) is 4.30. The number of hydrogen-bond acceptors (Lipinski definition) is 5. The van der Waals surface area contributed by atoms with Crippen molar-refractivity contribution in [2.45, 2.75) is 39.5 Å². The lowest BCUT2D eigenvalue weighted by Crippen LogP contribution is -2.47. The molecule has 0 saturated carbocycles. The molecule has 1 amide bonds. The van der Waals surface area contributed by atoms with Crippen LogP contribution in [0.2, 0.25) is 0 Å². The molecule has 8 heteroatoms. The number of amides is 1. The number of ether oxygens (including phenoxy) is 1. The number of nitrogens with zero attached hydrogens (tertiary/aromatic N) is 4. The molecule has 0 aliphatic carbocycles. The zero-order valence-corrected chi connectivity index (χ0v) is 21.3. The lowest BCUT2D eigenvalue weighted by atomic mass is 9.84. The molecule has 2 aromatic carbocycles. The van der Waals surface area contributed by atoms with E-state index >= 15 is 0 Å². The highest BCUT2D eigenvalue weighted by Gasteiger charge is 2.39. The first-order valence-corrected chi connectivity index (χ1v) is 11.9. The number of halogens is 1. The van der Waals surface area contributed by atoms with E-state index in [1.807, 2.05) is 80.1 Å². The van der Waals surface area contributed by atoms with Crippen molar-refractivity contribution in [2.75, 3.05) is 26.8 Å². The SMILES string of the molecule is COCC(=O)N(C[C@H](F)CN)[C@@H](c1nc(-c2ccccc2)cn1Cc1cccc(C#N)c1)C(C)(C)C. The summed E-state index contributed by atoms with van der Waals surface area (Å²) in [6.07, 6.45) is 0.553. The number of nitrogens with two attached hydrogens (primary N) is 1. The van der Waals surface area contributed by atoms with Crippen LogP contribution in [0.5, 0.6) is 0 Å². The Bertz CT molecular complexity index is 1200. The van der Waals surface area contributed by atoms with Gasteiger partial charge in [0.15, 0.2) is 0 Å². The topological polar surface area (TPSA) is 97.2 Å². The van der Waals surface area contributed by atoms with Crippen molar-refractivity contribution in [1.29, 1.82) is 5.26 Å². The number of hydrogen-bond donors (Lipinski definition) is 1. The molecule has 1 aromatic heterocycles. The monoisotopic (exact) mass is 491 g/mol. The lowest BCUT2D eigenvalue weighted by molar-refractivity contribution is -0.141. The summed E-state index contributed by atoms with van der Waals surface area (Å²) in [4.78, 5) is 19.7. The molecule has 0 aliphatic heterocycles. The molecule has 0 bridgehead atoms.